The van der Waals surface area contributed by atoms with Gasteiger partial charge in [0, 0.05) is 5.33 Å². The van der Waals surface area contributed by atoms with E-state index in [2.05, 4.69) is 31.9 Å². The van der Waals surface area contributed by atoms with Crippen LogP contribution in [0.3, 0.4) is 0 Å². The lowest BCUT2D eigenvalue weighted by molar-refractivity contribution is -0.154. The molecule has 1 atom stereocenters. The average Bonchev–Trinajstić information content (AvgIpc) is 1.96. The van der Waals surface area contributed by atoms with E-state index in [1.807, 2.05) is 20.8 Å². The second kappa shape index (κ2) is 6.02. The summed E-state index contributed by atoms with van der Waals surface area (Å²) in [6, 6.07) is 0. The molecule has 0 saturated heterocycles. The van der Waals surface area contributed by atoms with E-state index in [4.69, 9.17) is 4.74 Å². The summed E-state index contributed by atoms with van der Waals surface area (Å²) < 4.78 is 5.20. The van der Waals surface area contributed by atoms with E-state index in [1.165, 1.54) is 0 Å². The molecule has 0 heterocycles. The minimum Gasteiger partial charge on any atom is -0.459 e. The lowest BCUT2D eigenvalue weighted by atomic mass is 10.2. The highest BCUT2D eigenvalue weighted by atomic mass is 79.9. The number of ether oxygens (including phenoxy) is 1. The van der Waals surface area contributed by atoms with Gasteiger partial charge in [-0.2, -0.15) is 0 Å². The van der Waals surface area contributed by atoms with E-state index in [0.29, 0.717) is 0 Å². The van der Waals surface area contributed by atoms with E-state index in [1.54, 1.807) is 0 Å². The van der Waals surface area contributed by atoms with Crippen molar-refractivity contribution in [1.82, 2.24) is 0 Å². The Morgan fingerprint density at radius 1 is 1.46 bits per heavy atom. The molecule has 0 bridgehead atoms. The van der Waals surface area contributed by atoms with Crippen molar-refractivity contribution in [3.05, 3.63) is 0 Å². The van der Waals surface area contributed by atoms with Crippen LogP contribution in [0.15, 0.2) is 0 Å². The van der Waals surface area contributed by atoms with Crippen molar-refractivity contribution in [2.75, 3.05) is 5.33 Å². The summed E-state index contributed by atoms with van der Waals surface area (Å²) in [7, 11) is 0. The van der Waals surface area contributed by atoms with Gasteiger partial charge in [0.05, 0.1) is 0 Å². The Kier molecular flexibility index (Phi) is 6.21. The summed E-state index contributed by atoms with van der Waals surface area (Å²) >= 11 is 6.62. The van der Waals surface area contributed by atoms with E-state index >= 15 is 0 Å². The zero-order valence-electron chi connectivity index (χ0n) is 8.27. The molecule has 2 nitrogen and oxygen atoms in total. The Morgan fingerprint density at radius 2 is 2.00 bits per heavy atom. The number of alkyl halides is 2. The third-order valence-electron chi connectivity index (χ3n) is 1.25. The van der Waals surface area contributed by atoms with Gasteiger partial charge in [0.2, 0.25) is 0 Å². The Bertz CT molecular complexity index is 163. The largest absolute Gasteiger partial charge is 0.459 e. The third-order valence-corrected chi connectivity index (χ3v) is 2.65. The van der Waals surface area contributed by atoms with Gasteiger partial charge in [-0.25, -0.2) is 0 Å². The fraction of sp³-hybridized carbons (Fsp3) is 0.889. The van der Waals surface area contributed by atoms with Crippen LogP contribution in [0.4, 0.5) is 0 Å². The SMILES string of the molecule is CC(C)(C)OC(=O)[C@@H](Br)CCCBr. The molecule has 78 valence electrons. The monoisotopic (exact) mass is 314 g/mol. The van der Waals surface area contributed by atoms with E-state index in [-0.39, 0.29) is 10.8 Å². The van der Waals surface area contributed by atoms with Crippen molar-refractivity contribution in [2.24, 2.45) is 0 Å². The zero-order valence-corrected chi connectivity index (χ0v) is 11.4. The highest BCUT2D eigenvalue weighted by Crippen LogP contribution is 2.16. The Balaban J connectivity index is 3.83. The summed E-state index contributed by atoms with van der Waals surface area (Å²) in [5.41, 5.74) is -0.391. The first kappa shape index (κ1) is 13.4. The minimum absolute atomic E-state index is 0.173. The van der Waals surface area contributed by atoms with Gasteiger partial charge < -0.3 is 4.74 Å². The fourth-order valence-corrected chi connectivity index (χ4v) is 1.48. The predicted octanol–water partition coefficient (Wildman–Crippen LogP) is 3.27. The van der Waals surface area contributed by atoms with Crippen LogP contribution in [0.5, 0.6) is 0 Å². The molecule has 0 unspecified atom stereocenters. The lowest BCUT2D eigenvalue weighted by Crippen LogP contribution is -2.29. The normalized spacial score (nSPS) is 13.9. The molecule has 0 fully saturated rings. The molecule has 0 aromatic heterocycles. The lowest BCUT2D eigenvalue weighted by Gasteiger charge is -2.21. The summed E-state index contributed by atoms with van der Waals surface area (Å²) in [5, 5.41) is 0.915. The van der Waals surface area contributed by atoms with Gasteiger partial charge in [-0.1, -0.05) is 31.9 Å². The van der Waals surface area contributed by atoms with Gasteiger partial charge in [-0.3, -0.25) is 4.79 Å². The number of carbonyl (C=O) groups excluding carboxylic acids is 1. The van der Waals surface area contributed by atoms with Crippen molar-refractivity contribution in [1.29, 1.82) is 0 Å². The molecule has 0 aliphatic heterocycles. The molecule has 0 aromatic carbocycles. The first-order valence-corrected chi connectivity index (χ1v) is 6.33. The molecular weight excluding hydrogens is 300 g/mol. The van der Waals surface area contributed by atoms with Gasteiger partial charge in [0.1, 0.15) is 10.4 Å². The quantitative estimate of drug-likeness (QED) is 0.588. The summed E-state index contributed by atoms with van der Waals surface area (Å²) in [6.45, 7) is 5.61. The maximum absolute atomic E-state index is 11.4. The van der Waals surface area contributed by atoms with Crippen LogP contribution in [-0.2, 0) is 9.53 Å². The molecule has 0 aliphatic rings. The van der Waals surface area contributed by atoms with Crippen molar-refractivity contribution in [3.8, 4) is 0 Å². The van der Waals surface area contributed by atoms with Crippen LogP contribution in [0.1, 0.15) is 33.6 Å². The highest BCUT2D eigenvalue weighted by Gasteiger charge is 2.22. The van der Waals surface area contributed by atoms with E-state index in [9.17, 15) is 4.79 Å². The van der Waals surface area contributed by atoms with E-state index in [0.717, 1.165) is 18.2 Å². The zero-order chi connectivity index (χ0) is 10.5. The first-order chi connectivity index (χ1) is 5.87. The fourth-order valence-electron chi connectivity index (χ4n) is 0.740. The Labute approximate surface area is 96.7 Å². The molecule has 0 aromatic rings. The highest BCUT2D eigenvalue weighted by molar-refractivity contribution is 9.10. The van der Waals surface area contributed by atoms with Crippen LogP contribution < -0.4 is 0 Å². The molecule has 13 heavy (non-hydrogen) atoms. The van der Waals surface area contributed by atoms with Crippen LogP contribution in [-0.4, -0.2) is 21.7 Å². The van der Waals surface area contributed by atoms with E-state index < -0.39 is 5.60 Å². The minimum atomic E-state index is -0.391. The molecule has 4 heteroatoms. The topological polar surface area (TPSA) is 26.3 Å². The number of hydrogen-bond donors (Lipinski definition) is 0. The van der Waals surface area contributed by atoms with Crippen molar-refractivity contribution >= 4 is 37.8 Å². The van der Waals surface area contributed by atoms with Gasteiger partial charge in [-0.15, -0.1) is 0 Å². The Hall–Kier alpha value is 0.430. The van der Waals surface area contributed by atoms with Gasteiger partial charge in [0.15, 0.2) is 0 Å². The summed E-state index contributed by atoms with van der Waals surface area (Å²) in [5.74, 6) is -0.173. The number of esters is 1. The molecule has 0 amide bonds. The maximum Gasteiger partial charge on any atom is 0.320 e. The molecule has 0 saturated carbocycles. The maximum atomic E-state index is 11.4. The molecular formula is C9H16Br2O2. The standard InChI is InChI=1S/C9H16Br2O2/c1-9(2,3)13-8(12)7(11)5-4-6-10/h7H,4-6H2,1-3H3/t7-/m0/s1. The smallest absolute Gasteiger partial charge is 0.320 e. The van der Waals surface area contributed by atoms with Gasteiger partial charge >= 0.3 is 5.97 Å². The van der Waals surface area contributed by atoms with Crippen LogP contribution in [0.2, 0.25) is 0 Å². The summed E-state index contributed by atoms with van der Waals surface area (Å²) in [6.07, 6.45) is 1.77. The number of halogens is 2. The van der Waals surface area contributed by atoms with Gasteiger partial charge in [-0.05, 0) is 33.6 Å². The molecule has 0 N–H and O–H groups in total. The summed E-state index contributed by atoms with van der Waals surface area (Å²) in [4.78, 5) is 11.2. The number of hydrogen-bond acceptors (Lipinski definition) is 2. The number of carbonyl (C=O) groups is 1. The number of rotatable bonds is 4. The van der Waals surface area contributed by atoms with Crippen molar-refractivity contribution in [2.45, 2.75) is 44.0 Å². The second-order valence-electron chi connectivity index (χ2n) is 3.83. The molecule has 0 rings (SSSR count). The van der Waals surface area contributed by atoms with Crippen LogP contribution in [0, 0.1) is 0 Å². The molecule has 0 aliphatic carbocycles. The molecule has 0 spiro atoms. The van der Waals surface area contributed by atoms with Crippen LogP contribution >= 0.6 is 31.9 Å². The third kappa shape index (κ3) is 7.50. The second-order valence-corrected chi connectivity index (χ2v) is 5.73. The van der Waals surface area contributed by atoms with Crippen molar-refractivity contribution < 1.29 is 9.53 Å². The van der Waals surface area contributed by atoms with Gasteiger partial charge in [0.25, 0.3) is 0 Å². The molecule has 0 radical (unpaired) electrons. The van der Waals surface area contributed by atoms with Crippen LogP contribution in [0.25, 0.3) is 0 Å². The first-order valence-electron chi connectivity index (χ1n) is 4.29. The Morgan fingerprint density at radius 3 is 2.38 bits per heavy atom. The average molecular weight is 316 g/mol. The predicted molar refractivity (Wildman–Crippen MR) is 61.6 cm³/mol. The van der Waals surface area contributed by atoms with Crippen molar-refractivity contribution in [3.63, 3.8) is 0 Å².